The molecule has 1 atom stereocenters. The molecule has 0 aromatic heterocycles. The Morgan fingerprint density at radius 3 is 3.00 bits per heavy atom. The lowest BCUT2D eigenvalue weighted by Gasteiger charge is -1.97. The van der Waals surface area contributed by atoms with Crippen LogP contribution in [-0.2, 0) is 4.84 Å². The van der Waals surface area contributed by atoms with E-state index in [-0.39, 0.29) is 6.10 Å². The highest BCUT2D eigenvalue weighted by atomic mass is 16.6. The van der Waals surface area contributed by atoms with Gasteiger partial charge in [-0.15, -0.1) is 0 Å². The van der Waals surface area contributed by atoms with E-state index in [2.05, 4.69) is 5.16 Å². The van der Waals surface area contributed by atoms with Gasteiger partial charge in [0.2, 0.25) is 0 Å². The molecule has 1 heterocycles. The van der Waals surface area contributed by atoms with Crippen molar-refractivity contribution in [3.8, 4) is 0 Å². The second-order valence-corrected chi connectivity index (χ2v) is 2.20. The third kappa shape index (κ3) is 1.56. The van der Waals surface area contributed by atoms with Crippen LogP contribution < -0.4 is 0 Å². The SMILES string of the molecule is CC=CC1CC(C)=NO1. The molecule has 0 aromatic rings. The van der Waals surface area contributed by atoms with Crippen LogP contribution in [0.2, 0.25) is 0 Å². The number of rotatable bonds is 1. The van der Waals surface area contributed by atoms with Gasteiger partial charge in [0, 0.05) is 6.42 Å². The maximum atomic E-state index is 5.01. The predicted molar refractivity (Wildman–Crippen MR) is 37.4 cm³/mol. The zero-order valence-corrected chi connectivity index (χ0v) is 5.79. The van der Waals surface area contributed by atoms with Crippen LogP contribution in [0.15, 0.2) is 17.3 Å². The molecular formula is C7H11NO. The lowest BCUT2D eigenvalue weighted by molar-refractivity contribution is 0.120. The Morgan fingerprint density at radius 1 is 1.78 bits per heavy atom. The van der Waals surface area contributed by atoms with Gasteiger partial charge in [-0.2, -0.15) is 0 Å². The van der Waals surface area contributed by atoms with Crippen LogP contribution in [0.25, 0.3) is 0 Å². The quantitative estimate of drug-likeness (QED) is 0.489. The Bertz CT molecular complexity index is 149. The van der Waals surface area contributed by atoms with E-state index in [1.54, 1.807) is 0 Å². The Kier molecular flexibility index (Phi) is 1.88. The first-order chi connectivity index (χ1) is 4.33. The van der Waals surface area contributed by atoms with Gasteiger partial charge in [0.1, 0.15) is 0 Å². The Morgan fingerprint density at radius 2 is 2.56 bits per heavy atom. The predicted octanol–water partition coefficient (Wildman–Crippen LogP) is 1.73. The van der Waals surface area contributed by atoms with E-state index in [1.165, 1.54) is 0 Å². The van der Waals surface area contributed by atoms with Crippen LogP contribution in [0, 0.1) is 0 Å². The highest BCUT2D eigenvalue weighted by Gasteiger charge is 2.13. The minimum absolute atomic E-state index is 0.204. The van der Waals surface area contributed by atoms with E-state index < -0.39 is 0 Å². The van der Waals surface area contributed by atoms with Crippen molar-refractivity contribution >= 4 is 5.71 Å². The minimum Gasteiger partial charge on any atom is -0.388 e. The molecule has 1 aliphatic heterocycles. The summed E-state index contributed by atoms with van der Waals surface area (Å²) in [7, 11) is 0. The fourth-order valence-electron chi connectivity index (χ4n) is 0.841. The van der Waals surface area contributed by atoms with E-state index in [1.807, 2.05) is 26.0 Å². The summed E-state index contributed by atoms with van der Waals surface area (Å²) in [5.41, 5.74) is 1.08. The molecule has 0 aromatic carbocycles. The zero-order valence-electron chi connectivity index (χ0n) is 5.79. The van der Waals surface area contributed by atoms with E-state index in [0.29, 0.717) is 0 Å². The summed E-state index contributed by atoms with van der Waals surface area (Å²) in [4.78, 5) is 5.01. The molecule has 1 aliphatic rings. The molecule has 0 spiro atoms. The van der Waals surface area contributed by atoms with Crippen LogP contribution in [0.3, 0.4) is 0 Å². The average molecular weight is 125 g/mol. The molecule has 2 nitrogen and oxygen atoms in total. The van der Waals surface area contributed by atoms with Gasteiger partial charge in [-0.1, -0.05) is 11.2 Å². The molecule has 0 N–H and O–H groups in total. The summed E-state index contributed by atoms with van der Waals surface area (Å²) < 4.78 is 0. The molecule has 0 saturated heterocycles. The highest BCUT2D eigenvalue weighted by Crippen LogP contribution is 2.10. The Hall–Kier alpha value is -0.790. The zero-order chi connectivity index (χ0) is 6.69. The number of nitrogens with zero attached hydrogens (tertiary/aromatic N) is 1. The van der Waals surface area contributed by atoms with E-state index in [4.69, 9.17) is 4.84 Å². The van der Waals surface area contributed by atoms with Crippen molar-refractivity contribution in [1.82, 2.24) is 0 Å². The Labute approximate surface area is 55.2 Å². The average Bonchev–Trinajstić information content (AvgIpc) is 2.17. The fraction of sp³-hybridized carbons (Fsp3) is 0.571. The number of hydrogen-bond donors (Lipinski definition) is 0. The molecule has 9 heavy (non-hydrogen) atoms. The smallest absolute Gasteiger partial charge is 0.151 e. The molecule has 0 aliphatic carbocycles. The van der Waals surface area contributed by atoms with Crippen LogP contribution >= 0.6 is 0 Å². The molecule has 50 valence electrons. The maximum Gasteiger partial charge on any atom is 0.151 e. The fourth-order valence-corrected chi connectivity index (χ4v) is 0.841. The molecule has 0 amide bonds. The van der Waals surface area contributed by atoms with Gasteiger partial charge in [0.15, 0.2) is 6.10 Å². The van der Waals surface area contributed by atoms with Gasteiger partial charge in [0.05, 0.1) is 5.71 Å². The van der Waals surface area contributed by atoms with Crippen molar-refractivity contribution in [1.29, 1.82) is 0 Å². The topological polar surface area (TPSA) is 21.6 Å². The standard InChI is InChI=1S/C7H11NO/c1-3-4-7-5-6(2)8-9-7/h3-4,7H,5H2,1-2H3. The van der Waals surface area contributed by atoms with Gasteiger partial charge >= 0.3 is 0 Å². The Balaban J connectivity index is 2.37. The molecule has 1 unspecified atom stereocenters. The summed E-state index contributed by atoms with van der Waals surface area (Å²) in [5.74, 6) is 0. The van der Waals surface area contributed by atoms with Crippen LogP contribution in [0.1, 0.15) is 20.3 Å². The summed E-state index contributed by atoms with van der Waals surface area (Å²) in [6.45, 7) is 3.96. The van der Waals surface area contributed by atoms with Gasteiger partial charge in [-0.3, -0.25) is 0 Å². The first kappa shape index (κ1) is 6.33. The third-order valence-corrected chi connectivity index (χ3v) is 1.25. The van der Waals surface area contributed by atoms with E-state index in [9.17, 15) is 0 Å². The normalized spacial score (nSPS) is 26.4. The van der Waals surface area contributed by atoms with Crippen molar-refractivity contribution in [2.75, 3.05) is 0 Å². The van der Waals surface area contributed by atoms with Crippen molar-refractivity contribution in [3.05, 3.63) is 12.2 Å². The summed E-state index contributed by atoms with van der Waals surface area (Å²) in [6.07, 6.45) is 5.15. The van der Waals surface area contributed by atoms with Crippen molar-refractivity contribution < 1.29 is 4.84 Å². The molecule has 0 bridgehead atoms. The highest BCUT2D eigenvalue weighted by molar-refractivity contribution is 5.83. The van der Waals surface area contributed by atoms with Crippen molar-refractivity contribution in [2.45, 2.75) is 26.4 Å². The van der Waals surface area contributed by atoms with Crippen molar-refractivity contribution in [2.24, 2.45) is 5.16 Å². The molecular weight excluding hydrogens is 114 g/mol. The third-order valence-electron chi connectivity index (χ3n) is 1.25. The number of allylic oxidation sites excluding steroid dienone is 1. The minimum atomic E-state index is 0.204. The lowest BCUT2D eigenvalue weighted by atomic mass is 10.2. The second-order valence-electron chi connectivity index (χ2n) is 2.20. The van der Waals surface area contributed by atoms with Crippen molar-refractivity contribution in [3.63, 3.8) is 0 Å². The van der Waals surface area contributed by atoms with E-state index in [0.717, 1.165) is 12.1 Å². The summed E-state index contributed by atoms with van der Waals surface area (Å²) in [6, 6.07) is 0. The summed E-state index contributed by atoms with van der Waals surface area (Å²) >= 11 is 0. The molecule has 0 fully saturated rings. The van der Waals surface area contributed by atoms with Crippen LogP contribution in [-0.4, -0.2) is 11.8 Å². The number of oxime groups is 1. The van der Waals surface area contributed by atoms with Gasteiger partial charge in [0.25, 0.3) is 0 Å². The van der Waals surface area contributed by atoms with Gasteiger partial charge < -0.3 is 4.84 Å². The van der Waals surface area contributed by atoms with Crippen LogP contribution in [0.5, 0.6) is 0 Å². The second kappa shape index (κ2) is 2.67. The largest absolute Gasteiger partial charge is 0.388 e. The molecule has 0 radical (unpaired) electrons. The molecule has 1 rings (SSSR count). The molecule has 2 heteroatoms. The van der Waals surface area contributed by atoms with E-state index >= 15 is 0 Å². The lowest BCUT2D eigenvalue weighted by Crippen LogP contribution is -2.00. The van der Waals surface area contributed by atoms with Gasteiger partial charge in [-0.05, 0) is 19.9 Å². The summed E-state index contributed by atoms with van der Waals surface area (Å²) in [5, 5.41) is 3.80. The maximum absolute atomic E-state index is 5.01. The monoisotopic (exact) mass is 125 g/mol. The number of hydrogen-bond acceptors (Lipinski definition) is 2. The van der Waals surface area contributed by atoms with Crippen LogP contribution in [0.4, 0.5) is 0 Å². The van der Waals surface area contributed by atoms with Gasteiger partial charge in [-0.25, -0.2) is 0 Å². The first-order valence-electron chi connectivity index (χ1n) is 3.15. The first-order valence-corrected chi connectivity index (χ1v) is 3.15. The molecule has 0 saturated carbocycles.